The minimum atomic E-state index is -0.729. The Morgan fingerprint density at radius 3 is 2.33 bits per heavy atom. The van der Waals surface area contributed by atoms with E-state index in [1.165, 1.54) is 25.7 Å². The molecule has 2 rings (SSSR count). The molecule has 3 heteroatoms. The van der Waals surface area contributed by atoms with Crippen molar-refractivity contribution in [3.8, 4) is 5.69 Å². The average Bonchev–Trinajstić information content (AvgIpc) is 2.62. The molecule has 1 unspecified atom stereocenters. The molecular formula is C21H28NO2+. The molecule has 3 nitrogen and oxygen atoms in total. The summed E-state index contributed by atoms with van der Waals surface area (Å²) in [7, 11) is 0. The third-order valence-electron chi connectivity index (χ3n) is 4.45. The zero-order chi connectivity index (χ0) is 17.2. The lowest BCUT2D eigenvalue weighted by atomic mass is 9.91. The maximum Gasteiger partial charge on any atom is 0.311 e. The molecule has 1 atom stereocenters. The highest BCUT2D eigenvalue weighted by atomic mass is 16.4. The topological polar surface area (TPSA) is 41.2 Å². The lowest BCUT2D eigenvalue weighted by Gasteiger charge is -2.14. The number of hydrogen-bond acceptors (Lipinski definition) is 1. The molecule has 0 radical (unpaired) electrons. The van der Waals surface area contributed by atoms with Crippen LogP contribution in [-0.4, -0.2) is 11.1 Å². The Morgan fingerprint density at radius 2 is 1.62 bits per heavy atom. The van der Waals surface area contributed by atoms with Gasteiger partial charge in [-0.1, -0.05) is 69.7 Å². The molecule has 0 fully saturated rings. The van der Waals surface area contributed by atoms with Gasteiger partial charge in [0, 0.05) is 23.8 Å². The van der Waals surface area contributed by atoms with Gasteiger partial charge in [0.1, 0.15) is 0 Å². The molecule has 0 bridgehead atoms. The molecule has 1 N–H and O–H groups in total. The van der Waals surface area contributed by atoms with Crippen LogP contribution in [-0.2, 0) is 4.79 Å². The fourth-order valence-corrected chi connectivity index (χ4v) is 3.12. The molecule has 0 saturated carbocycles. The van der Waals surface area contributed by atoms with Crippen LogP contribution in [0, 0.1) is 0 Å². The van der Waals surface area contributed by atoms with E-state index < -0.39 is 11.9 Å². The van der Waals surface area contributed by atoms with Gasteiger partial charge in [0.2, 0.25) is 5.69 Å². The van der Waals surface area contributed by atoms with Crippen molar-refractivity contribution in [1.29, 1.82) is 0 Å². The second-order valence-electron chi connectivity index (χ2n) is 6.29. The summed E-state index contributed by atoms with van der Waals surface area (Å²) in [5.41, 5.74) is 1.85. The molecule has 0 aliphatic heterocycles. The highest BCUT2D eigenvalue weighted by Gasteiger charge is 2.25. The number of aliphatic carboxylic acids is 1. The van der Waals surface area contributed by atoms with E-state index in [1.807, 2.05) is 59.4 Å². The average molecular weight is 326 g/mol. The summed E-state index contributed by atoms with van der Waals surface area (Å²) in [4.78, 5) is 11.8. The van der Waals surface area contributed by atoms with Crippen LogP contribution >= 0.6 is 0 Å². The lowest BCUT2D eigenvalue weighted by Crippen LogP contribution is -2.32. The third-order valence-corrected chi connectivity index (χ3v) is 4.45. The van der Waals surface area contributed by atoms with E-state index in [4.69, 9.17) is 0 Å². The Labute approximate surface area is 145 Å². The zero-order valence-corrected chi connectivity index (χ0v) is 14.5. The van der Waals surface area contributed by atoms with E-state index in [1.54, 1.807) is 0 Å². The second kappa shape index (κ2) is 9.86. The van der Waals surface area contributed by atoms with Gasteiger partial charge >= 0.3 is 5.97 Å². The summed E-state index contributed by atoms with van der Waals surface area (Å²) in [6.07, 6.45) is 11.7. The SMILES string of the molecule is CCCCCCCCC(C(=O)O)c1ccccc1-[n+]1ccccc1. The second-order valence-corrected chi connectivity index (χ2v) is 6.29. The molecule has 128 valence electrons. The maximum atomic E-state index is 11.8. The molecule has 1 aromatic heterocycles. The first kappa shape index (κ1) is 18.2. The Morgan fingerprint density at radius 1 is 0.958 bits per heavy atom. The molecular weight excluding hydrogens is 298 g/mol. The number of aromatic nitrogens is 1. The Kier molecular flexibility index (Phi) is 7.47. The first-order valence-electron chi connectivity index (χ1n) is 9.02. The first-order chi connectivity index (χ1) is 11.7. The zero-order valence-electron chi connectivity index (χ0n) is 14.5. The molecule has 1 heterocycles. The predicted octanol–water partition coefficient (Wildman–Crippen LogP) is 4.88. The first-order valence-corrected chi connectivity index (χ1v) is 9.02. The van der Waals surface area contributed by atoms with Crippen LogP contribution in [0.5, 0.6) is 0 Å². The third kappa shape index (κ3) is 5.19. The van der Waals surface area contributed by atoms with Crippen LogP contribution in [0.15, 0.2) is 54.9 Å². The van der Waals surface area contributed by atoms with Gasteiger partial charge in [0.05, 0.1) is 5.92 Å². The number of carboxylic acid groups (broad SMARTS) is 1. The van der Waals surface area contributed by atoms with E-state index in [0.29, 0.717) is 6.42 Å². The number of unbranched alkanes of at least 4 members (excludes halogenated alkanes) is 5. The fraction of sp³-hybridized carbons (Fsp3) is 0.429. The van der Waals surface area contributed by atoms with Gasteiger partial charge in [-0.15, -0.1) is 0 Å². The largest absolute Gasteiger partial charge is 0.481 e. The van der Waals surface area contributed by atoms with E-state index in [0.717, 1.165) is 24.1 Å². The van der Waals surface area contributed by atoms with Crippen molar-refractivity contribution in [2.45, 2.75) is 57.8 Å². The van der Waals surface area contributed by atoms with Gasteiger partial charge in [-0.2, -0.15) is 4.57 Å². The standard InChI is InChI=1S/C21H27NO2/c1-2-3-4-5-6-8-14-19(21(23)24)18-13-9-10-15-20(18)22-16-11-7-12-17-22/h7,9-13,15-17,19H,2-6,8,14H2,1H3/p+1. The van der Waals surface area contributed by atoms with E-state index in [2.05, 4.69) is 6.92 Å². The number of pyridine rings is 1. The molecule has 0 aliphatic carbocycles. The molecule has 0 saturated heterocycles. The van der Waals surface area contributed by atoms with Gasteiger partial charge < -0.3 is 5.11 Å². The number of hydrogen-bond donors (Lipinski definition) is 1. The van der Waals surface area contributed by atoms with Crippen LogP contribution in [0.25, 0.3) is 5.69 Å². The van der Waals surface area contributed by atoms with Crippen molar-refractivity contribution < 1.29 is 14.5 Å². The van der Waals surface area contributed by atoms with Crippen LogP contribution in [0.2, 0.25) is 0 Å². The molecule has 2 aromatic rings. The summed E-state index contributed by atoms with van der Waals surface area (Å²) in [5.74, 6) is -1.17. The van der Waals surface area contributed by atoms with Crippen molar-refractivity contribution >= 4 is 5.97 Å². The van der Waals surface area contributed by atoms with Crippen molar-refractivity contribution in [3.05, 3.63) is 60.4 Å². The van der Waals surface area contributed by atoms with Gasteiger partial charge in [-0.3, -0.25) is 4.79 Å². The van der Waals surface area contributed by atoms with E-state index >= 15 is 0 Å². The number of benzene rings is 1. The molecule has 0 aliphatic rings. The monoisotopic (exact) mass is 326 g/mol. The summed E-state index contributed by atoms with van der Waals surface area (Å²) >= 11 is 0. The van der Waals surface area contributed by atoms with Crippen LogP contribution in [0.4, 0.5) is 0 Å². The van der Waals surface area contributed by atoms with Crippen molar-refractivity contribution in [1.82, 2.24) is 0 Å². The highest BCUT2D eigenvalue weighted by molar-refractivity contribution is 5.77. The molecule has 0 spiro atoms. The van der Waals surface area contributed by atoms with Gasteiger partial charge in [-0.25, -0.2) is 0 Å². The predicted molar refractivity (Wildman–Crippen MR) is 96.3 cm³/mol. The quantitative estimate of drug-likeness (QED) is 0.499. The van der Waals surface area contributed by atoms with Gasteiger partial charge in [0.25, 0.3) is 0 Å². The van der Waals surface area contributed by atoms with Crippen LogP contribution < -0.4 is 4.57 Å². The lowest BCUT2D eigenvalue weighted by molar-refractivity contribution is -0.596. The molecule has 0 amide bonds. The summed E-state index contributed by atoms with van der Waals surface area (Å²) < 4.78 is 1.99. The fourth-order valence-electron chi connectivity index (χ4n) is 3.12. The summed E-state index contributed by atoms with van der Waals surface area (Å²) in [5, 5.41) is 9.73. The van der Waals surface area contributed by atoms with Crippen LogP contribution in [0.3, 0.4) is 0 Å². The summed E-state index contributed by atoms with van der Waals surface area (Å²) in [6.45, 7) is 2.21. The summed E-state index contributed by atoms with van der Waals surface area (Å²) in [6, 6.07) is 13.7. The van der Waals surface area contributed by atoms with Crippen molar-refractivity contribution in [3.63, 3.8) is 0 Å². The van der Waals surface area contributed by atoms with Crippen molar-refractivity contribution in [2.24, 2.45) is 0 Å². The van der Waals surface area contributed by atoms with Gasteiger partial charge in [-0.05, 0) is 6.42 Å². The van der Waals surface area contributed by atoms with Crippen molar-refractivity contribution in [2.75, 3.05) is 0 Å². The number of carboxylic acids is 1. The van der Waals surface area contributed by atoms with Crippen LogP contribution in [0.1, 0.15) is 63.4 Å². The smallest absolute Gasteiger partial charge is 0.311 e. The van der Waals surface area contributed by atoms with Gasteiger partial charge in [0.15, 0.2) is 12.4 Å². The number of carbonyl (C=O) groups is 1. The number of nitrogens with zero attached hydrogens (tertiary/aromatic N) is 1. The minimum Gasteiger partial charge on any atom is -0.481 e. The van der Waals surface area contributed by atoms with E-state index in [9.17, 15) is 9.90 Å². The highest BCUT2D eigenvalue weighted by Crippen LogP contribution is 2.26. The number of rotatable bonds is 10. The number of para-hydroxylation sites is 1. The Hall–Kier alpha value is -2.16. The van der Waals surface area contributed by atoms with E-state index in [-0.39, 0.29) is 0 Å². The Bertz CT molecular complexity index is 625. The molecule has 24 heavy (non-hydrogen) atoms. The molecule has 1 aromatic carbocycles. The minimum absolute atomic E-state index is 0.444. The Balaban J connectivity index is 2.10. The normalized spacial score (nSPS) is 12.0. The maximum absolute atomic E-state index is 11.8.